The molecule has 0 amide bonds. The fraction of sp³-hybridized carbons (Fsp3) is 0.875. The second-order valence-electron chi connectivity index (χ2n) is 7.96. The minimum Gasteiger partial charge on any atom is -0.200 e. The van der Waals surface area contributed by atoms with Gasteiger partial charge in [-0.2, -0.15) is 9.78 Å². The molecule has 0 saturated carbocycles. The molecule has 0 aliphatic rings. The van der Waals surface area contributed by atoms with E-state index in [-0.39, 0.29) is 0 Å². The molecule has 0 aromatic carbocycles. The maximum atomic E-state index is 5.14. The van der Waals surface area contributed by atoms with Crippen LogP contribution < -0.4 is 0 Å². The Bertz CT molecular complexity index is 354. The van der Waals surface area contributed by atoms with Gasteiger partial charge in [0, 0.05) is 0 Å². The number of hydrogen-bond donors (Lipinski definition) is 0. The Morgan fingerprint density at radius 3 is 0.955 bits per heavy atom. The smallest absolute Gasteiger partial charge is 0.161 e. The molecule has 0 N–H and O–H groups in total. The van der Waals surface area contributed by atoms with Gasteiger partial charge in [0.25, 0.3) is 0 Å². The van der Waals surface area contributed by atoms with Crippen LogP contribution in [0.3, 0.4) is 0 Å². The molecule has 0 radical (unpaired) electrons. The van der Waals surface area contributed by atoms with Gasteiger partial charge in [-0.1, -0.05) is 21.9 Å². The summed E-state index contributed by atoms with van der Waals surface area (Å²) in [5.41, 5.74) is -2.69. The maximum absolute atomic E-state index is 5.14. The van der Waals surface area contributed by atoms with E-state index in [1.54, 1.807) is 27.7 Å². The Balaban J connectivity index is 4.42. The zero-order valence-corrected chi connectivity index (χ0v) is 15.4. The van der Waals surface area contributed by atoms with Crippen LogP contribution in [0, 0.1) is 11.8 Å². The minimum absolute atomic E-state index is 0.468. The largest absolute Gasteiger partial charge is 0.200 e. The Labute approximate surface area is 134 Å². The molecule has 0 spiro atoms. The summed E-state index contributed by atoms with van der Waals surface area (Å²) < 4.78 is 0. The fourth-order valence-corrected chi connectivity index (χ4v) is 0.751. The third-order valence-electron chi connectivity index (χ3n) is 1.72. The van der Waals surface area contributed by atoms with Crippen molar-refractivity contribution in [3.63, 3.8) is 0 Å². The molecule has 0 aliphatic heterocycles. The maximum Gasteiger partial charge on any atom is 0.161 e. The third-order valence-corrected chi connectivity index (χ3v) is 1.72. The van der Waals surface area contributed by atoms with Crippen molar-refractivity contribution < 1.29 is 29.6 Å². The average Bonchev–Trinajstić information content (AvgIpc) is 2.22. The first-order valence-electron chi connectivity index (χ1n) is 7.23. The third kappa shape index (κ3) is 13.0. The summed E-state index contributed by atoms with van der Waals surface area (Å²) in [5.74, 6) is 5.79. The Hall–Kier alpha value is -0.680. The molecule has 130 valence electrons. The van der Waals surface area contributed by atoms with Crippen LogP contribution in [0.5, 0.6) is 0 Å². The first-order chi connectivity index (χ1) is 9.62. The lowest BCUT2D eigenvalue weighted by Crippen LogP contribution is -2.29. The highest BCUT2D eigenvalue weighted by Crippen LogP contribution is 2.16. The average molecular weight is 318 g/mol. The SMILES string of the molecule is CC(C)(C)OOOC(C)(C)C#CC(C)(C)OOOC(C)(C)C. The van der Waals surface area contributed by atoms with Gasteiger partial charge >= 0.3 is 0 Å². The van der Waals surface area contributed by atoms with Crippen LogP contribution in [-0.2, 0) is 29.6 Å². The summed E-state index contributed by atoms with van der Waals surface area (Å²) in [6.07, 6.45) is 0. The summed E-state index contributed by atoms with van der Waals surface area (Å²) in [4.78, 5) is 20.3. The first-order valence-corrected chi connectivity index (χ1v) is 7.23. The van der Waals surface area contributed by atoms with Crippen LogP contribution in [0.25, 0.3) is 0 Å². The lowest BCUT2D eigenvalue weighted by Gasteiger charge is -2.23. The van der Waals surface area contributed by atoms with Crippen molar-refractivity contribution in [2.45, 2.75) is 91.6 Å². The van der Waals surface area contributed by atoms with Crippen molar-refractivity contribution in [1.29, 1.82) is 0 Å². The van der Waals surface area contributed by atoms with Gasteiger partial charge in [0.1, 0.15) is 0 Å². The summed E-state index contributed by atoms with van der Waals surface area (Å²) in [7, 11) is 0. The minimum atomic E-state index is -0.878. The van der Waals surface area contributed by atoms with Crippen LogP contribution in [-0.4, -0.2) is 22.4 Å². The van der Waals surface area contributed by atoms with Crippen LogP contribution in [0.1, 0.15) is 69.2 Å². The van der Waals surface area contributed by atoms with Crippen molar-refractivity contribution in [3.05, 3.63) is 0 Å². The molecule has 6 nitrogen and oxygen atoms in total. The van der Waals surface area contributed by atoms with Gasteiger partial charge in [-0.25, -0.2) is 9.78 Å². The van der Waals surface area contributed by atoms with E-state index in [4.69, 9.17) is 29.6 Å². The molecule has 0 atom stereocenters. The van der Waals surface area contributed by atoms with E-state index in [0.29, 0.717) is 0 Å². The lowest BCUT2D eigenvalue weighted by atomic mass is 10.1. The fourth-order valence-electron chi connectivity index (χ4n) is 0.751. The van der Waals surface area contributed by atoms with Crippen molar-refractivity contribution >= 4 is 0 Å². The second kappa shape index (κ2) is 7.73. The predicted octanol–water partition coefficient (Wildman–Crippen LogP) is 3.90. The molecule has 0 aromatic heterocycles. The lowest BCUT2D eigenvalue weighted by molar-refractivity contribution is -0.558. The van der Waals surface area contributed by atoms with Gasteiger partial charge < -0.3 is 0 Å². The van der Waals surface area contributed by atoms with E-state index in [9.17, 15) is 0 Å². The van der Waals surface area contributed by atoms with E-state index in [1.807, 2.05) is 41.5 Å². The Morgan fingerprint density at radius 2 is 0.727 bits per heavy atom. The summed E-state index contributed by atoms with van der Waals surface area (Å²) >= 11 is 0. The molecule has 6 heteroatoms. The topological polar surface area (TPSA) is 55.4 Å². The van der Waals surface area contributed by atoms with Crippen molar-refractivity contribution in [2.75, 3.05) is 0 Å². The van der Waals surface area contributed by atoms with Gasteiger partial charge in [-0.15, -0.1) is 0 Å². The molecule has 0 heterocycles. The van der Waals surface area contributed by atoms with E-state index < -0.39 is 22.4 Å². The Kier molecular flexibility index (Phi) is 7.49. The second-order valence-corrected chi connectivity index (χ2v) is 7.96. The molecule has 0 aliphatic carbocycles. The zero-order chi connectivity index (χ0) is 17.7. The summed E-state index contributed by atoms with van der Waals surface area (Å²) in [6, 6.07) is 0. The molecule has 0 bridgehead atoms. The number of rotatable bonds is 6. The van der Waals surface area contributed by atoms with E-state index in [2.05, 4.69) is 11.8 Å². The first kappa shape index (κ1) is 21.3. The van der Waals surface area contributed by atoms with E-state index in [0.717, 1.165) is 0 Å². The highest BCUT2D eigenvalue weighted by Gasteiger charge is 2.24. The Morgan fingerprint density at radius 1 is 0.455 bits per heavy atom. The predicted molar refractivity (Wildman–Crippen MR) is 82.0 cm³/mol. The zero-order valence-electron chi connectivity index (χ0n) is 15.4. The molecular weight excluding hydrogens is 288 g/mol. The monoisotopic (exact) mass is 318 g/mol. The van der Waals surface area contributed by atoms with Gasteiger partial charge in [0.15, 0.2) is 11.2 Å². The van der Waals surface area contributed by atoms with Crippen molar-refractivity contribution in [2.24, 2.45) is 0 Å². The van der Waals surface area contributed by atoms with Gasteiger partial charge in [-0.3, -0.25) is 0 Å². The van der Waals surface area contributed by atoms with Crippen molar-refractivity contribution in [3.8, 4) is 11.8 Å². The molecule has 0 fully saturated rings. The summed E-state index contributed by atoms with van der Waals surface area (Å²) in [5, 5.41) is 9.51. The van der Waals surface area contributed by atoms with Crippen molar-refractivity contribution in [1.82, 2.24) is 0 Å². The quantitative estimate of drug-likeness (QED) is 0.420. The molecule has 0 unspecified atom stereocenters. The normalized spacial score (nSPS) is 13.7. The van der Waals surface area contributed by atoms with Crippen LogP contribution >= 0.6 is 0 Å². The number of hydrogen-bond acceptors (Lipinski definition) is 6. The van der Waals surface area contributed by atoms with Crippen LogP contribution in [0.4, 0.5) is 0 Å². The molecule has 0 rings (SSSR count). The highest BCUT2D eigenvalue weighted by molar-refractivity contribution is 5.17. The van der Waals surface area contributed by atoms with Gasteiger partial charge in [0.05, 0.1) is 11.2 Å². The van der Waals surface area contributed by atoms with Crippen LogP contribution in [0.2, 0.25) is 0 Å². The van der Waals surface area contributed by atoms with Crippen LogP contribution in [0.15, 0.2) is 0 Å². The molecular formula is C16H30O6. The highest BCUT2D eigenvalue weighted by atomic mass is 17.5. The van der Waals surface area contributed by atoms with E-state index in [1.165, 1.54) is 0 Å². The standard InChI is InChI=1S/C16H30O6/c1-13(2,3)17-21-19-15(7,8)11-12-16(9,10)20-22-18-14(4,5)6/h1-10H3. The van der Waals surface area contributed by atoms with Gasteiger partial charge in [0.2, 0.25) is 0 Å². The molecule has 0 saturated heterocycles. The van der Waals surface area contributed by atoms with E-state index >= 15 is 0 Å². The molecule has 0 aromatic rings. The summed E-state index contributed by atoms with van der Waals surface area (Å²) in [6.45, 7) is 18.1. The van der Waals surface area contributed by atoms with Gasteiger partial charge in [-0.05, 0) is 69.2 Å². The molecule has 22 heavy (non-hydrogen) atoms.